The molecule has 0 unspecified atom stereocenters. The van der Waals surface area contributed by atoms with Gasteiger partial charge in [0.15, 0.2) is 5.69 Å². The standard InChI is InChI=1S/C22H29N3O2/c1-16-7-5-9-18(13-16)27-15-17-8-6-12-25(14-17)22(26)21-19-10-3-4-11-20(19)24(2)23-21/h5,7,9,13,17H,3-4,6,8,10-12,14-15H2,1-2H3/t17-/m0/s1. The quantitative estimate of drug-likeness (QED) is 0.830. The Morgan fingerprint density at radius 1 is 1.26 bits per heavy atom. The van der Waals surface area contributed by atoms with Gasteiger partial charge in [0.1, 0.15) is 5.75 Å². The van der Waals surface area contributed by atoms with Crippen LogP contribution < -0.4 is 4.74 Å². The van der Waals surface area contributed by atoms with Crippen LogP contribution >= 0.6 is 0 Å². The van der Waals surface area contributed by atoms with E-state index in [2.05, 4.69) is 24.2 Å². The molecule has 0 spiro atoms. The lowest BCUT2D eigenvalue weighted by molar-refractivity contribution is 0.0625. The van der Waals surface area contributed by atoms with Gasteiger partial charge in [-0.05, 0) is 63.1 Å². The van der Waals surface area contributed by atoms with E-state index in [1.807, 2.05) is 28.8 Å². The normalized spacial score (nSPS) is 19.6. The number of hydrogen-bond acceptors (Lipinski definition) is 3. The molecule has 5 heteroatoms. The molecule has 1 amide bonds. The van der Waals surface area contributed by atoms with Gasteiger partial charge in [-0.25, -0.2) is 0 Å². The number of rotatable bonds is 4. The summed E-state index contributed by atoms with van der Waals surface area (Å²) in [5.41, 5.74) is 4.33. The second-order valence-corrected chi connectivity index (χ2v) is 7.99. The van der Waals surface area contributed by atoms with Crippen LogP contribution in [0.3, 0.4) is 0 Å². The van der Waals surface area contributed by atoms with Crippen LogP contribution in [0.4, 0.5) is 0 Å². The van der Waals surface area contributed by atoms with E-state index < -0.39 is 0 Å². The van der Waals surface area contributed by atoms with Gasteiger partial charge in [0.2, 0.25) is 0 Å². The molecule has 1 fully saturated rings. The molecule has 1 aromatic heterocycles. The van der Waals surface area contributed by atoms with Crippen LogP contribution in [0.1, 0.15) is 53.0 Å². The number of carbonyl (C=O) groups is 1. The summed E-state index contributed by atoms with van der Waals surface area (Å²) in [6.45, 7) is 4.32. The average Bonchev–Trinajstić information content (AvgIpc) is 3.03. The van der Waals surface area contributed by atoms with E-state index in [0.717, 1.165) is 50.9 Å². The first-order valence-corrected chi connectivity index (χ1v) is 10.2. The molecule has 2 heterocycles. The highest BCUT2D eigenvalue weighted by Gasteiger charge is 2.30. The second-order valence-electron chi connectivity index (χ2n) is 7.99. The average molecular weight is 367 g/mol. The highest BCUT2D eigenvalue weighted by molar-refractivity contribution is 5.94. The number of carbonyl (C=O) groups excluding carboxylic acids is 1. The Bertz CT molecular complexity index is 827. The summed E-state index contributed by atoms with van der Waals surface area (Å²) in [7, 11) is 1.97. The van der Waals surface area contributed by atoms with E-state index in [-0.39, 0.29) is 5.91 Å². The maximum atomic E-state index is 13.2. The van der Waals surface area contributed by atoms with Gasteiger partial charge in [-0.15, -0.1) is 0 Å². The lowest BCUT2D eigenvalue weighted by atomic mass is 9.94. The van der Waals surface area contributed by atoms with Crippen molar-refractivity contribution in [3.05, 3.63) is 46.8 Å². The fourth-order valence-corrected chi connectivity index (χ4v) is 4.40. The smallest absolute Gasteiger partial charge is 0.274 e. The fraction of sp³-hybridized carbons (Fsp3) is 0.545. The third kappa shape index (κ3) is 3.87. The largest absolute Gasteiger partial charge is 0.493 e. The van der Waals surface area contributed by atoms with Gasteiger partial charge < -0.3 is 9.64 Å². The van der Waals surface area contributed by atoms with Gasteiger partial charge >= 0.3 is 0 Å². The van der Waals surface area contributed by atoms with Crippen molar-refractivity contribution >= 4 is 5.91 Å². The first-order chi connectivity index (χ1) is 13.1. The van der Waals surface area contributed by atoms with Crippen LogP contribution in [-0.2, 0) is 19.9 Å². The van der Waals surface area contributed by atoms with Gasteiger partial charge in [-0.3, -0.25) is 9.48 Å². The number of ether oxygens (including phenoxy) is 1. The molecule has 2 aromatic rings. The number of aromatic nitrogens is 2. The van der Waals surface area contributed by atoms with E-state index >= 15 is 0 Å². The summed E-state index contributed by atoms with van der Waals surface area (Å²) in [5, 5.41) is 4.59. The molecule has 0 N–H and O–H groups in total. The minimum absolute atomic E-state index is 0.106. The Labute approximate surface area is 161 Å². The third-order valence-electron chi connectivity index (χ3n) is 5.85. The molecule has 1 aromatic carbocycles. The summed E-state index contributed by atoms with van der Waals surface area (Å²) >= 11 is 0. The Hall–Kier alpha value is -2.30. The number of piperidine rings is 1. The van der Waals surface area contributed by atoms with Crippen LogP contribution in [0, 0.1) is 12.8 Å². The Balaban J connectivity index is 1.41. The summed E-state index contributed by atoms with van der Waals surface area (Å²) < 4.78 is 7.92. The number of benzene rings is 1. The highest BCUT2D eigenvalue weighted by atomic mass is 16.5. The Morgan fingerprint density at radius 3 is 2.96 bits per heavy atom. The fourth-order valence-electron chi connectivity index (χ4n) is 4.40. The van der Waals surface area contributed by atoms with Crippen molar-refractivity contribution < 1.29 is 9.53 Å². The molecule has 0 bridgehead atoms. The molecule has 0 radical (unpaired) electrons. The minimum atomic E-state index is 0.106. The molecule has 27 heavy (non-hydrogen) atoms. The van der Waals surface area contributed by atoms with Crippen LogP contribution in [-0.4, -0.2) is 40.3 Å². The molecule has 4 rings (SSSR count). The molecule has 0 saturated carbocycles. The zero-order valence-electron chi connectivity index (χ0n) is 16.4. The predicted molar refractivity (Wildman–Crippen MR) is 105 cm³/mol. The van der Waals surface area contributed by atoms with Gasteiger partial charge in [-0.1, -0.05) is 12.1 Å². The molecule has 5 nitrogen and oxygen atoms in total. The van der Waals surface area contributed by atoms with E-state index in [0.29, 0.717) is 18.2 Å². The van der Waals surface area contributed by atoms with E-state index in [1.54, 1.807) is 0 Å². The van der Waals surface area contributed by atoms with Gasteiger partial charge in [0.05, 0.1) is 6.61 Å². The molecule has 1 aliphatic carbocycles. The van der Waals surface area contributed by atoms with Gasteiger partial charge in [-0.2, -0.15) is 5.10 Å². The van der Waals surface area contributed by atoms with Crippen molar-refractivity contribution in [2.75, 3.05) is 19.7 Å². The number of nitrogens with zero attached hydrogens (tertiary/aromatic N) is 3. The van der Waals surface area contributed by atoms with Crippen molar-refractivity contribution in [3.8, 4) is 5.75 Å². The predicted octanol–water partition coefficient (Wildman–Crippen LogP) is 3.54. The molecule has 2 aliphatic rings. The molecule has 1 aliphatic heterocycles. The summed E-state index contributed by atoms with van der Waals surface area (Å²) in [6, 6.07) is 8.15. The van der Waals surface area contributed by atoms with Crippen LogP contribution in [0.2, 0.25) is 0 Å². The molecule has 1 saturated heterocycles. The van der Waals surface area contributed by atoms with E-state index in [9.17, 15) is 4.79 Å². The van der Waals surface area contributed by atoms with Crippen molar-refractivity contribution in [3.63, 3.8) is 0 Å². The van der Waals surface area contributed by atoms with Crippen LogP contribution in [0.25, 0.3) is 0 Å². The number of hydrogen-bond donors (Lipinski definition) is 0. The van der Waals surface area contributed by atoms with Crippen molar-refractivity contribution in [1.29, 1.82) is 0 Å². The minimum Gasteiger partial charge on any atom is -0.493 e. The second kappa shape index (κ2) is 7.75. The van der Waals surface area contributed by atoms with Crippen LogP contribution in [0.15, 0.2) is 24.3 Å². The molecular weight excluding hydrogens is 338 g/mol. The van der Waals surface area contributed by atoms with Crippen molar-refractivity contribution in [1.82, 2.24) is 14.7 Å². The summed E-state index contributed by atoms with van der Waals surface area (Å²) in [6.07, 6.45) is 6.52. The van der Waals surface area contributed by atoms with E-state index in [4.69, 9.17) is 4.74 Å². The lowest BCUT2D eigenvalue weighted by Crippen LogP contribution is -2.42. The SMILES string of the molecule is Cc1cccc(OC[C@H]2CCCN(C(=O)c3nn(C)c4c3CCCC4)C2)c1. The van der Waals surface area contributed by atoms with Crippen molar-refractivity contribution in [2.24, 2.45) is 13.0 Å². The maximum absolute atomic E-state index is 13.2. The Kier molecular flexibility index (Phi) is 5.19. The number of likely N-dealkylation sites (tertiary alicyclic amines) is 1. The van der Waals surface area contributed by atoms with Gasteiger partial charge in [0.25, 0.3) is 5.91 Å². The zero-order valence-corrected chi connectivity index (χ0v) is 16.4. The number of amides is 1. The topological polar surface area (TPSA) is 47.4 Å². The summed E-state index contributed by atoms with van der Waals surface area (Å²) in [5.74, 6) is 1.40. The van der Waals surface area contributed by atoms with Crippen molar-refractivity contribution in [2.45, 2.75) is 45.4 Å². The molecule has 144 valence electrons. The number of fused-ring (bicyclic) bond motifs is 1. The first-order valence-electron chi connectivity index (χ1n) is 10.2. The maximum Gasteiger partial charge on any atom is 0.274 e. The molecular formula is C22H29N3O2. The zero-order chi connectivity index (χ0) is 18.8. The monoisotopic (exact) mass is 367 g/mol. The third-order valence-corrected chi connectivity index (χ3v) is 5.85. The molecule has 1 atom stereocenters. The first kappa shape index (κ1) is 18.1. The van der Waals surface area contributed by atoms with Gasteiger partial charge in [0, 0.05) is 37.3 Å². The summed E-state index contributed by atoms with van der Waals surface area (Å²) in [4.78, 5) is 15.1. The lowest BCUT2D eigenvalue weighted by Gasteiger charge is -2.32. The van der Waals surface area contributed by atoms with E-state index in [1.165, 1.54) is 23.2 Å². The van der Waals surface area contributed by atoms with Crippen LogP contribution in [0.5, 0.6) is 5.75 Å². The highest BCUT2D eigenvalue weighted by Crippen LogP contribution is 2.26. The Morgan fingerprint density at radius 2 is 2.11 bits per heavy atom. The number of aryl methyl sites for hydroxylation is 2.